The van der Waals surface area contributed by atoms with Gasteiger partial charge in [0.2, 0.25) is 5.91 Å². The van der Waals surface area contributed by atoms with E-state index in [0.717, 1.165) is 19.0 Å². The number of pyridine rings is 1. The summed E-state index contributed by atoms with van der Waals surface area (Å²) in [4.78, 5) is 29.6. The molecule has 0 saturated heterocycles. The van der Waals surface area contributed by atoms with Crippen LogP contribution in [-0.4, -0.2) is 55.2 Å². The average molecular weight is 624 g/mol. The zero-order valence-electron chi connectivity index (χ0n) is 28.2. The van der Waals surface area contributed by atoms with Gasteiger partial charge in [0.05, 0.1) is 29.3 Å². The third-order valence-electron chi connectivity index (χ3n) is 7.92. The lowest BCUT2D eigenvalue weighted by Gasteiger charge is -2.40. The van der Waals surface area contributed by atoms with E-state index >= 15 is 0 Å². The van der Waals surface area contributed by atoms with E-state index in [9.17, 15) is 22.8 Å². The Hall–Kier alpha value is -3.65. The molecule has 43 heavy (non-hydrogen) atoms. The van der Waals surface area contributed by atoms with Crippen LogP contribution in [0.15, 0.2) is 24.4 Å². The molecule has 234 valence electrons. The Morgan fingerprint density at radius 1 is 1.23 bits per heavy atom. The molecule has 0 aliphatic heterocycles. The quantitative estimate of drug-likeness (QED) is 0.220. The van der Waals surface area contributed by atoms with Crippen LogP contribution in [0.1, 0.15) is 66.7 Å². The molecule has 2 heterocycles. The highest BCUT2D eigenvalue weighted by atomic mass is 28.4. The van der Waals surface area contributed by atoms with Gasteiger partial charge in [-0.25, -0.2) is 4.98 Å². The molecule has 14 heteroatoms. The van der Waals surface area contributed by atoms with Crippen LogP contribution in [0, 0.1) is 5.92 Å². The molecule has 4 rings (SSSR count). The summed E-state index contributed by atoms with van der Waals surface area (Å²) in [7, 11) is -1.70. The molecule has 0 bridgehead atoms. The summed E-state index contributed by atoms with van der Waals surface area (Å²) < 4.78 is 79.7. The number of hydrogen-bond acceptors (Lipinski definition) is 7. The molecule has 2 amide bonds. The minimum Gasteiger partial charge on any atom is -0.496 e. The summed E-state index contributed by atoms with van der Waals surface area (Å²) >= 11 is 0. The number of anilines is 3. The highest BCUT2D eigenvalue weighted by Crippen LogP contribution is 2.49. The Kier molecular flexibility index (Phi) is 7.72. The fourth-order valence-corrected chi connectivity index (χ4v) is 5.57. The zero-order chi connectivity index (χ0) is 34.4. The van der Waals surface area contributed by atoms with Crippen molar-refractivity contribution in [2.45, 2.75) is 77.5 Å². The summed E-state index contributed by atoms with van der Waals surface area (Å²) in [6.45, 7) is 8.29. The first-order valence-corrected chi connectivity index (χ1v) is 16.8. The molecule has 1 atom stereocenters. The van der Waals surface area contributed by atoms with Crippen LogP contribution in [0.25, 0.3) is 10.9 Å². The maximum atomic E-state index is 14.7. The van der Waals surface area contributed by atoms with E-state index < -0.39 is 38.5 Å². The van der Waals surface area contributed by atoms with E-state index in [-0.39, 0.29) is 51.4 Å². The molecule has 1 saturated carbocycles. The van der Waals surface area contributed by atoms with Crippen molar-refractivity contribution < 1.29 is 36.0 Å². The number of hydrogen-bond donors (Lipinski definition) is 3. The topological polar surface area (TPSA) is 119 Å². The summed E-state index contributed by atoms with van der Waals surface area (Å²) in [5.74, 6) is -1.44. The average Bonchev–Trinajstić information content (AvgIpc) is 3.72. The van der Waals surface area contributed by atoms with E-state index in [1.807, 2.05) is 26.1 Å². The van der Waals surface area contributed by atoms with Gasteiger partial charge in [0.1, 0.15) is 11.6 Å². The van der Waals surface area contributed by atoms with Gasteiger partial charge in [-0.15, -0.1) is 0 Å². The molecule has 10 nitrogen and oxygen atoms in total. The van der Waals surface area contributed by atoms with Crippen molar-refractivity contribution >= 4 is 48.4 Å². The number of amides is 2. The first-order chi connectivity index (χ1) is 21.2. The molecule has 3 N–H and O–H groups in total. The van der Waals surface area contributed by atoms with Crippen molar-refractivity contribution in [3.63, 3.8) is 0 Å². The second-order valence-corrected chi connectivity index (χ2v) is 16.8. The maximum Gasteiger partial charge on any atom is 0.417 e. The largest absolute Gasteiger partial charge is 0.496 e. The fourth-order valence-electron chi connectivity index (χ4n) is 4.37. The van der Waals surface area contributed by atoms with Crippen molar-refractivity contribution in [3.8, 4) is 5.75 Å². The number of carbonyl (C=O) groups is 2. The lowest BCUT2D eigenvalue weighted by atomic mass is 10.0. The number of ether oxygens (including phenoxy) is 1. The molecule has 0 unspecified atom stereocenters. The molecule has 0 radical (unpaired) electrons. The van der Waals surface area contributed by atoms with Crippen molar-refractivity contribution in [3.05, 3.63) is 35.5 Å². The molecule has 1 aromatic carbocycles. The Bertz CT molecular complexity index is 1640. The van der Waals surface area contributed by atoms with Gasteiger partial charge in [0.15, 0.2) is 20.2 Å². The van der Waals surface area contributed by atoms with Gasteiger partial charge in [0, 0.05) is 41.4 Å². The number of nitrogens with zero attached hydrogens (tertiary/aromatic N) is 3. The molecule has 1 aliphatic carbocycles. The van der Waals surface area contributed by atoms with Gasteiger partial charge in [-0.1, -0.05) is 26.8 Å². The number of fused-ring (bicyclic) bond motifs is 1. The number of nitrogens with one attached hydrogen (secondary N) is 3. The Balaban J connectivity index is 1.89. The first kappa shape index (κ1) is 28.1. The van der Waals surface area contributed by atoms with Crippen LogP contribution in [0.2, 0.25) is 18.1 Å². The third-order valence-corrected chi connectivity index (χ3v) is 12.4. The minimum absolute atomic E-state index is 0.00264. The number of rotatable bonds is 10. The highest BCUT2D eigenvalue weighted by Gasteiger charge is 2.50. The van der Waals surface area contributed by atoms with Crippen LogP contribution in [0.5, 0.6) is 5.75 Å². The molecule has 1 aliphatic rings. The summed E-state index contributed by atoms with van der Waals surface area (Å²) in [6, 6.07) is 4.15. The SMILES string of the molecule is [2H]C([2H])([2H])NC(=O)c1cnc(NC(=O)C2CC2)cc1Nc1nn(CC)c2ccc([C@@H](O[Si](C)(C)C(C)(C)C)C(F)(F)F)c(OC)c12. The second-order valence-electron chi connectivity index (χ2n) is 12.0. The normalized spacial score (nSPS) is 16.2. The molecule has 2 aromatic heterocycles. The number of methoxy groups -OCH3 is 1. The smallest absolute Gasteiger partial charge is 0.417 e. The number of aryl methyl sites for hydroxylation is 1. The Labute approximate surface area is 254 Å². The first-order valence-electron chi connectivity index (χ1n) is 15.4. The lowest BCUT2D eigenvalue weighted by molar-refractivity contribution is -0.201. The predicted octanol–water partition coefficient (Wildman–Crippen LogP) is 6.54. The monoisotopic (exact) mass is 623 g/mol. The van der Waals surface area contributed by atoms with Crippen LogP contribution in [-0.2, 0) is 15.8 Å². The number of carbonyl (C=O) groups excluding carboxylic acids is 2. The number of alkyl halides is 3. The van der Waals surface area contributed by atoms with Crippen LogP contribution < -0.4 is 20.7 Å². The number of benzene rings is 1. The van der Waals surface area contributed by atoms with E-state index in [4.69, 9.17) is 13.3 Å². The second kappa shape index (κ2) is 11.8. The van der Waals surface area contributed by atoms with Gasteiger partial charge >= 0.3 is 6.18 Å². The van der Waals surface area contributed by atoms with Crippen molar-refractivity contribution in [1.29, 1.82) is 0 Å². The van der Waals surface area contributed by atoms with E-state index in [2.05, 4.69) is 20.7 Å². The van der Waals surface area contributed by atoms with Crippen molar-refractivity contribution in [2.75, 3.05) is 24.7 Å². The van der Waals surface area contributed by atoms with E-state index in [1.54, 1.807) is 24.7 Å². The molecular formula is C29H39F3N6O4Si. The number of halogens is 3. The predicted molar refractivity (Wildman–Crippen MR) is 161 cm³/mol. The van der Waals surface area contributed by atoms with Crippen molar-refractivity contribution in [2.24, 2.45) is 5.92 Å². The molecular weight excluding hydrogens is 581 g/mol. The van der Waals surface area contributed by atoms with Gasteiger partial charge in [-0.2, -0.15) is 18.3 Å². The Morgan fingerprint density at radius 2 is 1.93 bits per heavy atom. The van der Waals surface area contributed by atoms with E-state index in [1.165, 1.54) is 25.3 Å². The van der Waals surface area contributed by atoms with E-state index in [0.29, 0.717) is 12.1 Å². The van der Waals surface area contributed by atoms with Gasteiger partial charge in [0.25, 0.3) is 5.91 Å². The fraction of sp³-hybridized carbons (Fsp3) is 0.517. The third kappa shape index (κ3) is 6.64. The molecule has 3 aromatic rings. The summed E-state index contributed by atoms with van der Waals surface area (Å²) in [5.41, 5.74) is -0.0192. The van der Waals surface area contributed by atoms with Gasteiger partial charge < -0.3 is 25.1 Å². The molecule has 1 fully saturated rings. The lowest BCUT2D eigenvalue weighted by Crippen LogP contribution is -2.44. The van der Waals surface area contributed by atoms with Crippen LogP contribution in [0.4, 0.5) is 30.5 Å². The number of aromatic nitrogens is 3. The minimum atomic E-state index is -4.79. The summed E-state index contributed by atoms with van der Waals surface area (Å²) in [6.07, 6.45) is -4.53. The molecule has 0 spiro atoms. The van der Waals surface area contributed by atoms with Crippen LogP contribution >= 0.6 is 0 Å². The van der Waals surface area contributed by atoms with Crippen molar-refractivity contribution in [1.82, 2.24) is 20.1 Å². The highest BCUT2D eigenvalue weighted by molar-refractivity contribution is 6.74. The maximum absolute atomic E-state index is 14.7. The van der Waals surface area contributed by atoms with Gasteiger partial charge in [-0.3, -0.25) is 14.3 Å². The van der Waals surface area contributed by atoms with Crippen LogP contribution in [0.3, 0.4) is 0 Å². The van der Waals surface area contributed by atoms with Gasteiger partial charge in [-0.05, 0) is 44.0 Å². The zero-order valence-corrected chi connectivity index (χ0v) is 26.2. The summed E-state index contributed by atoms with van der Waals surface area (Å²) in [5, 5.41) is 11.8. The standard InChI is InChI=1S/C29H39F3N6O4Si/c1-9-38-20-13-12-17(24(29(30,31)32)42-43(7,8)28(2,3)4)23(41-6)22(20)25(37-38)35-19-14-21(36-26(39)16-10-11-16)34-15-18(19)27(40)33-5/h12-16,24H,9-11H2,1-8H3,(H,33,40)(H2,34,35,36,37,39)/t24-/m1/s1/i5D3. The Morgan fingerprint density at radius 3 is 2.49 bits per heavy atom.